The maximum Gasteiger partial charge on any atom is 0.242 e. The largest absolute Gasteiger partial charge is 0.493 e. The van der Waals surface area contributed by atoms with Crippen LogP contribution in [-0.2, 0) is 17.8 Å². The van der Waals surface area contributed by atoms with Crippen LogP contribution < -0.4 is 14.8 Å². The van der Waals surface area contributed by atoms with E-state index < -0.39 is 0 Å². The summed E-state index contributed by atoms with van der Waals surface area (Å²) < 4.78 is 10.7. The predicted molar refractivity (Wildman–Crippen MR) is 98.6 cm³/mol. The molecule has 0 atom stereocenters. The van der Waals surface area contributed by atoms with Crippen molar-refractivity contribution >= 4 is 23.2 Å². The zero-order chi connectivity index (χ0) is 17.8. The van der Waals surface area contributed by atoms with E-state index >= 15 is 0 Å². The minimum atomic E-state index is 0.0559. The van der Waals surface area contributed by atoms with Gasteiger partial charge in [-0.15, -0.1) is 0 Å². The van der Waals surface area contributed by atoms with E-state index in [9.17, 15) is 4.79 Å². The van der Waals surface area contributed by atoms with E-state index in [1.807, 2.05) is 29.2 Å². The van der Waals surface area contributed by atoms with Gasteiger partial charge in [0.15, 0.2) is 11.5 Å². The van der Waals surface area contributed by atoms with Gasteiger partial charge in [0, 0.05) is 23.8 Å². The number of anilines is 1. The van der Waals surface area contributed by atoms with E-state index in [0.29, 0.717) is 23.9 Å². The van der Waals surface area contributed by atoms with Crippen molar-refractivity contribution in [3.8, 4) is 11.5 Å². The molecular weight excluding hydrogens is 340 g/mol. The third-order valence-electron chi connectivity index (χ3n) is 4.34. The summed E-state index contributed by atoms with van der Waals surface area (Å²) in [5.41, 5.74) is 3.13. The van der Waals surface area contributed by atoms with Crippen LogP contribution in [0, 0.1) is 0 Å². The molecule has 0 unspecified atom stereocenters. The molecule has 2 aromatic rings. The van der Waals surface area contributed by atoms with Gasteiger partial charge >= 0.3 is 0 Å². The van der Waals surface area contributed by atoms with Gasteiger partial charge in [-0.05, 0) is 47.9 Å². The van der Waals surface area contributed by atoms with Crippen molar-refractivity contribution in [2.24, 2.45) is 0 Å². The lowest BCUT2D eigenvalue weighted by Gasteiger charge is -2.30. The fraction of sp³-hybridized carbons (Fsp3) is 0.316. The number of amides is 1. The van der Waals surface area contributed by atoms with Crippen molar-refractivity contribution in [3.63, 3.8) is 0 Å². The van der Waals surface area contributed by atoms with E-state index in [2.05, 4.69) is 5.32 Å². The average Bonchev–Trinajstić information content (AvgIpc) is 2.64. The first-order chi connectivity index (χ1) is 12.1. The molecule has 0 radical (unpaired) electrons. The Morgan fingerprint density at radius 2 is 1.88 bits per heavy atom. The molecule has 132 valence electrons. The number of carbonyl (C=O) groups excluding carboxylic acids is 1. The SMILES string of the molecule is COc1cc2c(cc1OC)CN(C(=O)CNc1cccc(Cl)c1)CC2. The van der Waals surface area contributed by atoms with Gasteiger partial charge < -0.3 is 19.7 Å². The molecule has 6 heteroatoms. The van der Waals surface area contributed by atoms with Gasteiger partial charge in [-0.2, -0.15) is 0 Å². The van der Waals surface area contributed by atoms with Crippen LogP contribution >= 0.6 is 11.6 Å². The van der Waals surface area contributed by atoms with Gasteiger partial charge in [0.25, 0.3) is 0 Å². The Balaban J connectivity index is 1.66. The molecule has 3 rings (SSSR count). The van der Waals surface area contributed by atoms with Gasteiger partial charge in [-0.25, -0.2) is 0 Å². The summed E-state index contributed by atoms with van der Waals surface area (Å²) >= 11 is 5.96. The molecule has 1 N–H and O–H groups in total. The van der Waals surface area contributed by atoms with Crippen molar-refractivity contribution in [3.05, 3.63) is 52.5 Å². The minimum absolute atomic E-state index is 0.0559. The summed E-state index contributed by atoms with van der Waals surface area (Å²) in [4.78, 5) is 14.4. The van der Waals surface area contributed by atoms with Crippen LogP contribution in [-0.4, -0.2) is 38.1 Å². The molecule has 0 spiro atoms. The zero-order valence-electron chi connectivity index (χ0n) is 14.3. The molecule has 0 aromatic heterocycles. The van der Waals surface area contributed by atoms with E-state index in [-0.39, 0.29) is 12.5 Å². The van der Waals surface area contributed by atoms with Crippen molar-refractivity contribution in [1.29, 1.82) is 0 Å². The molecular formula is C19H21ClN2O3. The number of methoxy groups -OCH3 is 2. The number of halogens is 1. The number of rotatable bonds is 5. The number of nitrogens with one attached hydrogen (secondary N) is 1. The summed E-state index contributed by atoms with van der Waals surface area (Å²) in [5.74, 6) is 1.47. The Morgan fingerprint density at radius 1 is 1.16 bits per heavy atom. The Kier molecular flexibility index (Phi) is 5.34. The van der Waals surface area contributed by atoms with Gasteiger partial charge in [0.05, 0.1) is 20.8 Å². The van der Waals surface area contributed by atoms with Crippen LogP contribution in [0.3, 0.4) is 0 Å². The first-order valence-electron chi connectivity index (χ1n) is 8.11. The quantitative estimate of drug-likeness (QED) is 0.888. The van der Waals surface area contributed by atoms with Crippen molar-refractivity contribution in [2.75, 3.05) is 32.6 Å². The van der Waals surface area contributed by atoms with Crippen LogP contribution in [0.15, 0.2) is 36.4 Å². The number of benzene rings is 2. The normalized spacial score (nSPS) is 13.2. The van der Waals surface area contributed by atoms with Crippen molar-refractivity contribution < 1.29 is 14.3 Å². The van der Waals surface area contributed by atoms with E-state index in [1.165, 1.54) is 5.56 Å². The molecule has 0 saturated heterocycles. The van der Waals surface area contributed by atoms with E-state index in [4.69, 9.17) is 21.1 Å². The van der Waals surface area contributed by atoms with Gasteiger partial charge in [-0.3, -0.25) is 4.79 Å². The summed E-state index contributed by atoms with van der Waals surface area (Å²) in [6.07, 6.45) is 0.804. The van der Waals surface area contributed by atoms with Crippen molar-refractivity contribution in [1.82, 2.24) is 4.90 Å². The maximum atomic E-state index is 12.5. The van der Waals surface area contributed by atoms with Gasteiger partial charge in [-0.1, -0.05) is 17.7 Å². The fourth-order valence-electron chi connectivity index (χ4n) is 2.98. The molecule has 1 heterocycles. The standard InChI is InChI=1S/C19H21ClN2O3/c1-24-17-8-13-6-7-22(12-14(13)9-18(17)25-2)19(23)11-21-16-5-3-4-15(20)10-16/h3-5,8-10,21H,6-7,11-12H2,1-2H3. The number of nitrogens with zero attached hydrogens (tertiary/aromatic N) is 1. The second kappa shape index (κ2) is 7.66. The highest BCUT2D eigenvalue weighted by Crippen LogP contribution is 2.33. The Labute approximate surface area is 152 Å². The number of fused-ring (bicyclic) bond motifs is 1. The molecule has 0 aliphatic carbocycles. The number of ether oxygens (including phenoxy) is 2. The highest BCUT2D eigenvalue weighted by Gasteiger charge is 2.22. The van der Waals surface area contributed by atoms with Crippen LogP contribution in [0.5, 0.6) is 11.5 Å². The molecule has 0 fully saturated rings. The molecule has 0 bridgehead atoms. The lowest BCUT2D eigenvalue weighted by Crippen LogP contribution is -2.39. The first kappa shape index (κ1) is 17.4. The molecule has 0 saturated carbocycles. The average molecular weight is 361 g/mol. The maximum absolute atomic E-state index is 12.5. The van der Waals surface area contributed by atoms with Gasteiger partial charge in [0.2, 0.25) is 5.91 Å². The topological polar surface area (TPSA) is 50.8 Å². The third kappa shape index (κ3) is 3.99. The summed E-state index contributed by atoms with van der Waals surface area (Å²) in [7, 11) is 3.25. The lowest BCUT2D eigenvalue weighted by molar-refractivity contribution is -0.130. The fourth-order valence-corrected chi connectivity index (χ4v) is 3.17. The molecule has 2 aromatic carbocycles. The third-order valence-corrected chi connectivity index (χ3v) is 4.57. The predicted octanol–water partition coefficient (Wildman–Crippen LogP) is 3.35. The first-order valence-corrected chi connectivity index (χ1v) is 8.49. The second-order valence-corrected chi connectivity index (χ2v) is 6.34. The Bertz CT molecular complexity index is 779. The monoisotopic (exact) mass is 360 g/mol. The van der Waals surface area contributed by atoms with Crippen LogP contribution in [0.2, 0.25) is 5.02 Å². The highest BCUT2D eigenvalue weighted by molar-refractivity contribution is 6.30. The van der Waals surface area contributed by atoms with Crippen LogP contribution in [0.4, 0.5) is 5.69 Å². The Hall–Kier alpha value is -2.40. The second-order valence-electron chi connectivity index (χ2n) is 5.91. The Morgan fingerprint density at radius 3 is 2.56 bits per heavy atom. The molecule has 1 amide bonds. The molecule has 5 nitrogen and oxygen atoms in total. The lowest BCUT2D eigenvalue weighted by atomic mass is 9.98. The smallest absolute Gasteiger partial charge is 0.242 e. The van der Waals surface area contributed by atoms with Crippen LogP contribution in [0.25, 0.3) is 0 Å². The zero-order valence-corrected chi connectivity index (χ0v) is 15.1. The van der Waals surface area contributed by atoms with Gasteiger partial charge in [0.1, 0.15) is 0 Å². The molecule has 1 aliphatic heterocycles. The number of carbonyl (C=O) groups is 1. The molecule has 1 aliphatic rings. The summed E-state index contributed by atoms with van der Waals surface area (Å²) in [6, 6.07) is 11.3. The molecule has 25 heavy (non-hydrogen) atoms. The van der Waals surface area contributed by atoms with Crippen LogP contribution in [0.1, 0.15) is 11.1 Å². The van der Waals surface area contributed by atoms with Crippen molar-refractivity contribution in [2.45, 2.75) is 13.0 Å². The highest BCUT2D eigenvalue weighted by atomic mass is 35.5. The van der Waals surface area contributed by atoms with E-state index in [0.717, 1.165) is 23.4 Å². The number of hydrogen-bond acceptors (Lipinski definition) is 4. The summed E-state index contributed by atoms with van der Waals surface area (Å²) in [6.45, 7) is 1.51. The minimum Gasteiger partial charge on any atom is -0.493 e. The number of hydrogen-bond donors (Lipinski definition) is 1. The van der Waals surface area contributed by atoms with E-state index in [1.54, 1.807) is 26.4 Å². The summed E-state index contributed by atoms with van der Waals surface area (Å²) in [5, 5.41) is 3.77.